The molecule has 0 aliphatic carbocycles. The Balaban J connectivity index is 0.00000280. The zero-order valence-corrected chi connectivity index (χ0v) is 36.9. The summed E-state index contributed by atoms with van der Waals surface area (Å²) in [6.45, 7) is 16.0. The maximum atomic E-state index is 4.73. The van der Waals surface area contributed by atoms with E-state index in [1.807, 2.05) is 30.6 Å². The SMILES string of the molecule is CCCC(C)(C)c1ccnc(-c2[c-]cc(-c3ccccc3-c3c(C)c(C)c(-c4ccccc4-c4c[c-]c(-c5ccccn5)cc4)c(C)c3C)cc2)c1.[Ir].[Ir]. The molecule has 4 heteroatoms. The van der Waals surface area contributed by atoms with Gasteiger partial charge in [-0.15, -0.1) is 59.7 Å². The number of hydrogen-bond acceptors (Lipinski definition) is 2. The molecule has 54 heavy (non-hydrogen) atoms. The molecule has 0 saturated carbocycles. The summed E-state index contributed by atoms with van der Waals surface area (Å²) in [7, 11) is 0. The number of benzene rings is 5. The Labute approximate surface area is 349 Å². The van der Waals surface area contributed by atoms with Crippen LogP contribution in [0.4, 0.5) is 0 Å². The fourth-order valence-corrected chi connectivity index (χ4v) is 7.82. The summed E-state index contributed by atoms with van der Waals surface area (Å²) in [6, 6.07) is 47.9. The van der Waals surface area contributed by atoms with Gasteiger partial charge in [0.25, 0.3) is 0 Å². The Morgan fingerprint density at radius 3 is 1.43 bits per heavy atom. The molecular formula is C50H46Ir2N2-2. The van der Waals surface area contributed by atoms with E-state index in [0.29, 0.717) is 0 Å². The van der Waals surface area contributed by atoms with Crippen molar-refractivity contribution in [1.82, 2.24) is 9.97 Å². The van der Waals surface area contributed by atoms with Crippen LogP contribution in [0.15, 0.2) is 128 Å². The monoisotopic (exact) mass is 1060 g/mol. The van der Waals surface area contributed by atoms with Gasteiger partial charge in [-0.3, -0.25) is 0 Å². The summed E-state index contributed by atoms with van der Waals surface area (Å²) in [5.74, 6) is 0. The van der Waals surface area contributed by atoms with E-state index in [1.54, 1.807) is 0 Å². The van der Waals surface area contributed by atoms with Crippen LogP contribution in [0.2, 0.25) is 0 Å². The Morgan fingerprint density at radius 2 is 0.981 bits per heavy atom. The van der Waals surface area contributed by atoms with E-state index in [9.17, 15) is 0 Å². The maximum Gasteiger partial charge on any atom is 0.0163 e. The molecule has 0 fully saturated rings. The van der Waals surface area contributed by atoms with Gasteiger partial charge in [-0.2, -0.15) is 0 Å². The van der Waals surface area contributed by atoms with Crippen molar-refractivity contribution in [3.8, 4) is 67.0 Å². The van der Waals surface area contributed by atoms with Crippen LogP contribution >= 0.6 is 0 Å². The number of nitrogens with zero attached hydrogens (tertiary/aromatic N) is 2. The maximum absolute atomic E-state index is 4.73. The second-order valence-electron chi connectivity index (χ2n) is 14.6. The Hall–Kier alpha value is -4.30. The first-order valence-corrected chi connectivity index (χ1v) is 18.4. The molecule has 0 spiro atoms. The summed E-state index contributed by atoms with van der Waals surface area (Å²) in [4.78, 5) is 9.25. The molecule has 7 rings (SSSR count). The minimum Gasteiger partial charge on any atom is -0.305 e. The molecule has 0 bridgehead atoms. The van der Waals surface area contributed by atoms with Crippen molar-refractivity contribution in [2.24, 2.45) is 0 Å². The van der Waals surface area contributed by atoms with Crippen molar-refractivity contribution in [1.29, 1.82) is 0 Å². The topological polar surface area (TPSA) is 25.8 Å². The molecule has 276 valence electrons. The Kier molecular flexibility index (Phi) is 13.2. The van der Waals surface area contributed by atoms with Crippen molar-refractivity contribution in [2.75, 3.05) is 0 Å². The molecule has 0 atom stereocenters. The molecular weight excluding hydrogens is 1010 g/mol. The van der Waals surface area contributed by atoms with Crippen LogP contribution in [0, 0.1) is 39.8 Å². The predicted octanol–water partition coefficient (Wildman–Crippen LogP) is 13.4. The van der Waals surface area contributed by atoms with Crippen LogP contribution < -0.4 is 0 Å². The third-order valence-corrected chi connectivity index (χ3v) is 10.9. The normalized spacial score (nSPS) is 11.1. The smallest absolute Gasteiger partial charge is 0.0163 e. The molecule has 2 nitrogen and oxygen atoms in total. The molecule has 2 heterocycles. The molecule has 5 aromatic carbocycles. The summed E-state index contributed by atoms with van der Waals surface area (Å²) in [6.07, 6.45) is 6.06. The molecule has 2 radical (unpaired) electrons. The first kappa shape index (κ1) is 40.9. The van der Waals surface area contributed by atoms with Gasteiger partial charge in [0, 0.05) is 52.6 Å². The summed E-state index contributed by atoms with van der Waals surface area (Å²) in [5.41, 5.74) is 20.3. The van der Waals surface area contributed by atoms with Gasteiger partial charge in [-0.05, 0) is 113 Å². The molecule has 0 aliphatic rings. The minimum atomic E-state index is 0. The van der Waals surface area contributed by atoms with Crippen molar-refractivity contribution in [3.05, 3.63) is 168 Å². The van der Waals surface area contributed by atoms with Crippen LogP contribution in [0.5, 0.6) is 0 Å². The van der Waals surface area contributed by atoms with Crippen LogP contribution in [0.25, 0.3) is 67.0 Å². The van der Waals surface area contributed by atoms with Crippen LogP contribution in [-0.2, 0) is 45.6 Å². The summed E-state index contributed by atoms with van der Waals surface area (Å²) < 4.78 is 0. The van der Waals surface area contributed by atoms with E-state index in [1.165, 1.54) is 61.2 Å². The van der Waals surface area contributed by atoms with E-state index >= 15 is 0 Å². The van der Waals surface area contributed by atoms with Gasteiger partial charge in [-0.1, -0.05) is 116 Å². The van der Waals surface area contributed by atoms with Crippen molar-refractivity contribution in [3.63, 3.8) is 0 Å². The average molecular weight is 1060 g/mol. The molecule has 2 aromatic heterocycles. The first-order chi connectivity index (χ1) is 25.2. The summed E-state index contributed by atoms with van der Waals surface area (Å²) in [5, 5.41) is 0. The van der Waals surface area contributed by atoms with Gasteiger partial charge < -0.3 is 9.97 Å². The standard InChI is InChI=1S/C50H46N2.2Ir/c1-8-29-50(6,7)41-28-31-52-47(32-41)40-26-22-38(23-27-40)43-16-10-12-18-45(43)49-35(4)33(2)48(34(3)36(49)5)44-17-11-9-15-42(44)37-20-24-39(25-21-37)46-19-13-14-30-51-46;;/h9-24,26,28,30-32H,8,29H2,1-7H3;;/q-2;;. The number of pyridine rings is 2. The van der Waals surface area contributed by atoms with E-state index in [4.69, 9.17) is 4.98 Å². The first-order valence-electron chi connectivity index (χ1n) is 18.4. The largest absolute Gasteiger partial charge is 0.305 e. The number of rotatable bonds is 9. The van der Waals surface area contributed by atoms with Crippen molar-refractivity contribution >= 4 is 0 Å². The van der Waals surface area contributed by atoms with Crippen LogP contribution in [-0.4, -0.2) is 9.97 Å². The number of hydrogen-bond donors (Lipinski definition) is 0. The van der Waals surface area contributed by atoms with E-state index < -0.39 is 0 Å². The molecule has 7 aromatic rings. The van der Waals surface area contributed by atoms with E-state index in [2.05, 4.69) is 163 Å². The third kappa shape index (κ3) is 8.05. The molecule has 0 N–H and O–H groups in total. The van der Waals surface area contributed by atoms with Gasteiger partial charge in [-0.25, -0.2) is 0 Å². The zero-order valence-electron chi connectivity index (χ0n) is 32.1. The Morgan fingerprint density at radius 1 is 0.519 bits per heavy atom. The quantitative estimate of drug-likeness (QED) is 0.135. The van der Waals surface area contributed by atoms with E-state index in [0.717, 1.165) is 46.5 Å². The van der Waals surface area contributed by atoms with Crippen molar-refractivity contribution in [2.45, 2.75) is 66.7 Å². The molecule has 0 saturated heterocycles. The van der Waals surface area contributed by atoms with Crippen LogP contribution in [0.3, 0.4) is 0 Å². The van der Waals surface area contributed by atoms with Crippen LogP contribution in [0.1, 0.15) is 61.4 Å². The molecule has 0 aliphatic heterocycles. The number of aromatic nitrogens is 2. The molecule has 0 amide bonds. The van der Waals surface area contributed by atoms with Gasteiger partial charge in [0.2, 0.25) is 0 Å². The van der Waals surface area contributed by atoms with Gasteiger partial charge in [0.15, 0.2) is 0 Å². The van der Waals surface area contributed by atoms with Crippen molar-refractivity contribution < 1.29 is 40.2 Å². The zero-order chi connectivity index (χ0) is 36.4. The fraction of sp³-hybridized carbons (Fsp3) is 0.200. The Bertz CT molecular complexity index is 2330. The van der Waals surface area contributed by atoms with Gasteiger partial charge in [0.05, 0.1) is 0 Å². The third-order valence-electron chi connectivity index (χ3n) is 10.9. The molecule has 0 unspecified atom stereocenters. The average Bonchev–Trinajstić information content (AvgIpc) is 3.18. The fourth-order valence-electron chi connectivity index (χ4n) is 7.82. The van der Waals surface area contributed by atoms with Gasteiger partial charge >= 0.3 is 0 Å². The minimum absolute atomic E-state index is 0. The van der Waals surface area contributed by atoms with Gasteiger partial charge in [0.1, 0.15) is 0 Å². The van der Waals surface area contributed by atoms with E-state index in [-0.39, 0.29) is 45.6 Å². The second kappa shape index (κ2) is 17.4. The predicted molar refractivity (Wildman–Crippen MR) is 219 cm³/mol. The second-order valence-corrected chi connectivity index (χ2v) is 14.6. The summed E-state index contributed by atoms with van der Waals surface area (Å²) >= 11 is 0.